The summed E-state index contributed by atoms with van der Waals surface area (Å²) in [6.07, 6.45) is 0.680. The molecule has 0 aliphatic heterocycles. The van der Waals surface area contributed by atoms with Crippen LogP contribution in [0.4, 0.5) is 0 Å². The predicted molar refractivity (Wildman–Crippen MR) is 85.8 cm³/mol. The van der Waals surface area contributed by atoms with Gasteiger partial charge in [-0.1, -0.05) is 54.7 Å². The first-order valence-corrected chi connectivity index (χ1v) is 7.47. The number of benzene rings is 1. The Hall–Kier alpha value is -1.34. The number of nitrogens with zero attached hydrogens (tertiary/aromatic N) is 3. The normalized spacial score (nSPS) is 10.7. The summed E-state index contributed by atoms with van der Waals surface area (Å²) in [5.41, 5.74) is 1.41. The zero-order valence-corrected chi connectivity index (χ0v) is 13.8. The van der Waals surface area contributed by atoms with Crippen LogP contribution in [0.25, 0.3) is 11.3 Å². The highest BCUT2D eigenvalue weighted by Crippen LogP contribution is 2.31. The van der Waals surface area contributed by atoms with Gasteiger partial charge in [0, 0.05) is 12.0 Å². The number of halogens is 3. The van der Waals surface area contributed by atoms with Crippen molar-refractivity contribution in [3.8, 4) is 17.3 Å². The minimum atomic E-state index is 0.157. The van der Waals surface area contributed by atoms with E-state index in [9.17, 15) is 5.26 Å². The molecule has 2 rings (SSSR count). The minimum Gasteiger partial charge on any atom is -0.231 e. The molecule has 1 heterocycles. The lowest BCUT2D eigenvalue weighted by molar-refractivity contribution is 0.621. The van der Waals surface area contributed by atoms with Gasteiger partial charge in [0.2, 0.25) is 0 Å². The average Bonchev–Trinajstić information content (AvgIpc) is 2.40. The van der Waals surface area contributed by atoms with Crippen molar-refractivity contribution in [3.63, 3.8) is 0 Å². The highest BCUT2D eigenvalue weighted by Gasteiger charge is 2.16. The molecule has 108 valence electrons. The first-order valence-electron chi connectivity index (χ1n) is 6.34. The molecule has 0 saturated heterocycles. The van der Waals surface area contributed by atoms with E-state index in [2.05, 4.69) is 23.8 Å². The molecule has 0 spiro atoms. The second-order valence-corrected chi connectivity index (χ2v) is 6.17. The van der Waals surface area contributed by atoms with E-state index in [1.54, 1.807) is 18.2 Å². The second kappa shape index (κ2) is 6.62. The Kier molecular flexibility index (Phi) is 5.05. The van der Waals surface area contributed by atoms with Crippen molar-refractivity contribution in [1.82, 2.24) is 9.97 Å². The molecule has 0 fully saturated rings. The molecule has 1 aromatic heterocycles. The summed E-state index contributed by atoms with van der Waals surface area (Å²) in [6, 6.07) is 7.14. The van der Waals surface area contributed by atoms with Gasteiger partial charge in [0.15, 0.2) is 5.15 Å². The van der Waals surface area contributed by atoms with E-state index in [-0.39, 0.29) is 10.7 Å². The number of hydrogen-bond acceptors (Lipinski definition) is 3. The van der Waals surface area contributed by atoms with Crippen molar-refractivity contribution in [2.75, 3.05) is 0 Å². The fourth-order valence-corrected chi connectivity index (χ4v) is 2.41. The maximum atomic E-state index is 9.28. The molecule has 0 aliphatic carbocycles. The van der Waals surface area contributed by atoms with Crippen LogP contribution >= 0.6 is 34.8 Å². The van der Waals surface area contributed by atoms with Gasteiger partial charge in [-0.05, 0) is 18.1 Å². The van der Waals surface area contributed by atoms with E-state index in [4.69, 9.17) is 34.8 Å². The molecule has 0 N–H and O–H groups in total. The standard InChI is InChI=1S/C15H12Cl3N3/c1-8(2)5-13-20-14(10(7-19)15(18)21-13)9-3-4-11(16)12(17)6-9/h3-4,6,8H,5H2,1-2H3. The third kappa shape index (κ3) is 3.65. The van der Waals surface area contributed by atoms with Gasteiger partial charge in [0.1, 0.15) is 17.5 Å². The van der Waals surface area contributed by atoms with Gasteiger partial charge in [-0.15, -0.1) is 0 Å². The van der Waals surface area contributed by atoms with Gasteiger partial charge >= 0.3 is 0 Å². The smallest absolute Gasteiger partial charge is 0.151 e. The summed E-state index contributed by atoms with van der Waals surface area (Å²) in [6.45, 7) is 4.13. The lowest BCUT2D eigenvalue weighted by atomic mass is 10.1. The zero-order valence-electron chi connectivity index (χ0n) is 11.5. The first-order chi connectivity index (χ1) is 9.92. The predicted octanol–water partition coefficient (Wildman–Crippen LogP) is 5.17. The highest BCUT2D eigenvalue weighted by atomic mass is 35.5. The average molecular weight is 341 g/mol. The molecular weight excluding hydrogens is 329 g/mol. The molecule has 0 bridgehead atoms. The van der Waals surface area contributed by atoms with Gasteiger partial charge in [-0.3, -0.25) is 0 Å². The molecule has 0 aliphatic rings. The molecule has 0 atom stereocenters. The van der Waals surface area contributed by atoms with Crippen LogP contribution in [0, 0.1) is 17.2 Å². The third-order valence-electron chi connectivity index (χ3n) is 2.81. The first kappa shape index (κ1) is 16.0. The Morgan fingerprint density at radius 1 is 1.14 bits per heavy atom. The van der Waals surface area contributed by atoms with Gasteiger partial charge in [-0.25, -0.2) is 9.97 Å². The van der Waals surface area contributed by atoms with Crippen molar-refractivity contribution in [2.24, 2.45) is 5.92 Å². The molecule has 2 aromatic rings. The summed E-state index contributed by atoms with van der Waals surface area (Å²) >= 11 is 18.1. The monoisotopic (exact) mass is 339 g/mol. The molecule has 1 aromatic carbocycles. The fourth-order valence-electron chi connectivity index (χ4n) is 1.88. The van der Waals surface area contributed by atoms with Gasteiger partial charge in [0.25, 0.3) is 0 Å². The van der Waals surface area contributed by atoms with Crippen LogP contribution in [0.15, 0.2) is 18.2 Å². The van der Waals surface area contributed by atoms with E-state index in [1.807, 2.05) is 6.07 Å². The van der Waals surface area contributed by atoms with Crippen LogP contribution in [-0.2, 0) is 6.42 Å². The van der Waals surface area contributed by atoms with Crippen LogP contribution in [-0.4, -0.2) is 9.97 Å². The Morgan fingerprint density at radius 2 is 1.86 bits per heavy atom. The molecule has 6 heteroatoms. The molecule has 0 amide bonds. The van der Waals surface area contributed by atoms with Crippen molar-refractivity contribution in [2.45, 2.75) is 20.3 Å². The van der Waals surface area contributed by atoms with E-state index < -0.39 is 0 Å². The minimum absolute atomic E-state index is 0.157. The van der Waals surface area contributed by atoms with Gasteiger partial charge in [-0.2, -0.15) is 5.26 Å². The Morgan fingerprint density at radius 3 is 2.43 bits per heavy atom. The Labute approximate surface area is 138 Å². The third-order valence-corrected chi connectivity index (χ3v) is 3.82. The van der Waals surface area contributed by atoms with Crippen LogP contribution in [0.1, 0.15) is 25.2 Å². The largest absolute Gasteiger partial charge is 0.231 e. The van der Waals surface area contributed by atoms with E-state index >= 15 is 0 Å². The summed E-state index contributed by atoms with van der Waals surface area (Å²) in [7, 11) is 0. The zero-order chi connectivity index (χ0) is 15.6. The van der Waals surface area contributed by atoms with Crippen molar-refractivity contribution in [1.29, 1.82) is 5.26 Å². The van der Waals surface area contributed by atoms with Crippen molar-refractivity contribution < 1.29 is 0 Å². The number of nitriles is 1. The van der Waals surface area contributed by atoms with E-state index in [1.165, 1.54) is 0 Å². The van der Waals surface area contributed by atoms with Crippen LogP contribution in [0.5, 0.6) is 0 Å². The summed E-state index contributed by atoms with van der Waals surface area (Å²) in [5.74, 6) is 0.991. The van der Waals surface area contributed by atoms with Gasteiger partial charge in [0.05, 0.1) is 15.7 Å². The quantitative estimate of drug-likeness (QED) is 0.724. The van der Waals surface area contributed by atoms with E-state index in [0.29, 0.717) is 39.5 Å². The van der Waals surface area contributed by atoms with Crippen molar-refractivity contribution in [3.05, 3.63) is 44.8 Å². The maximum absolute atomic E-state index is 9.28. The summed E-state index contributed by atoms with van der Waals surface area (Å²) < 4.78 is 0. The lowest BCUT2D eigenvalue weighted by Crippen LogP contribution is -2.04. The van der Waals surface area contributed by atoms with E-state index in [0.717, 1.165) is 0 Å². The summed E-state index contributed by atoms with van der Waals surface area (Å²) in [4.78, 5) is 8.65. The van der Waals surface area contributed by atoms with Crippen molar-refractivity contribution >= 4 is 34.8 Å². The molecule has 3 nitrogen and oxygen atoms in total. The highest BCUT2D eigenvalue weighted by molar-refractivity contribution is 6.42. The molecule has 0 unspecified atom stereocenters. The molecule has 0 saturated carbocycles. The SMILES string of the molecule is CC(C)Cc1nc(Cl)c(C#N)c(-c2ccc(Cl)c(Cl)c2)n1. The molecule has 21 heavy (non-hydrogen) atoms. The Bertz CT molecular complexity index is 721. The molecular formula is C15H12Cl3N3. The summed E-state index contributed by atoms with van der Waals surface area (Å²) in [5, 5.41) is 10.3. The number of aromatic nitrogens is 2. The topological polar surface area (TPSA) is 49.6 Å². The van der Waals surface area contributed by atoms with Gasteiger partial charge < -0.3 is 0 Å². The molecule has 0 radical (unpaired) electrons. The number of rotatable bonds is 3. The Balaban J connectivity index is 2.62. The number of hydrogen-bond donors (Lipinski definition) is 0. The maximum Gasteiger partial charge on any atom is 0.151 e. The van der Waals surface area contributed by atoms with Crippen LogP contribution < -0.4 is 0 Å². The second-order valence-electron chi connectivity index (χ2n) is 4.99. The van der Waals surface area contributed by atoms with Crippen LogP contribution in [0.2, 0.25) is 15.2 Å². The van der Waals surface area contributed by atoms with Crippen LogP contribution in [0.3, 0.4) is 0 Å². The fraction of sp³-hybridized carbons (Fsp3) is 0.267. The lowest BCUT2D eigenvalue weighted by Gasteiger charge is -2.10.